The molecule has 0 atom stereocenters. The van der Waals surface area contributed by atoms with Gasteiger partial charge in [0.1, 0.15) is 12.1 Å². The summed E-state index contributed by atoms with van der Waals surface area (Å²) >= 11 is 6.15. The lowest BCUT2D eigenvalue weighted by molar-refractivity contribution is 0.126. The Morgan fingerprint density at radius 2 is 1.63 bits per heavy atom. The first-order chi connectivity index (χ1) is 17.3. The van der Waals surface area contributed by atoms with Gasteiger partial charge in [-0.2, -0.15) is 0 Å². The van der Waals surface area contributed by atoms with Gasteiger partial charge in [0, 0.05) is 21.7 Å². The van der Waals surface area contributed by atoms with Gasteiger partial charge in [0.25, 0.3) is 0 Å². The molecule has 3 aromatic carbocycles. The first-order valence-corrected chi connectivity index (χ1v) is 11.3. The molecule has 0 aliphatic carbocycles. The molecule has 0 spiro atoms. The first-order valence-electron chi connectivity index (χ1n) is 11.0. The number of aromatic nitrogens is 4. The fourth-order valence-electron chi connectivity index (χ4n) is 3.95. The van der Waals surface area contributed by atoms with Gasteiger partial charge in [0.05, 0.1) is 11.6 Å². The monoisotopic (exact) mass is 479 g/mol. The number of furan rings is 1. The van der Waals surface area contributed by atoms with Crippen molar-refractivity contribution in [2.24, 2.45) is 5.16 Å². The van der Waals surface area contributed by atoms with Crippen molar-refractivity contribution in [2.45, 2.75) is 6.61 Å². The van der Waals surface area contributed by atoms with Gasteiger partial charge in [0.2, 0.25) is 5.71 Å². The predicted octanol–water partition coefficient (Wildman–Crippen LogP) is 6.41. The van der Waals surface area contributed by atoms with Crippen molar-refractivity contribution in [1.82, 2.24) is 19.6 Å². The second-order valence-electron chi connectivity index (χ2n) is 7.79. The van der Waals surface area contributed by atoms with Crippen LogP contribution in [0.1, 0.15) is 11.4 Å². The molecule has 0 bridgehead atoms. The summed E-state index contributed by atoms with van der Waals surface area (Å²) in [5, 5.41) is 9.91. The maximum atomic E-state index is 6.26. The molecule has 0 saturated heterocycles. The normalized spacial score (nSPS) is 11.6. The van der Waals surface area contributed by atoms with Crippen molar-refractivity contribution >= 4 is 34.6 Å². The van der Waals surface area contributed by atoms with E-state index < -0.39 is 0 Å². The number of benzene rings is 3. The van der Waals surface area contributed by atoms with Gasteiger partial charge in [0.15, 0.2) is 18.1 Å². The molecule has 0 aliphatic rings. The van der Waals surface area contributed by atoms with E-state index >= 15 is 0 Å². The van der Waals surface area contributed by atoms with Crippen LogP contribution >= 0.6 is 11.6 Å². The Bertz CT molecular complexity index is 1660. The Labute approximate surface area is 205 Å². The number of halogens is 1. The van der Waals surface area contributed by atoms with E-state index in [0.29, 0.717) is 22.2 Å². The zero-order valence-corrected chi connectivity index (χ0v) is 19.1. The lowest BCUT2D eigenvalue weighted by Crippen LogP contribution is -1.93. The highest BCUT2D eigenvalue weighted by Crippen LogP contribution is 2.41. The SMILES string of the molecule is Clc1ccccc1C=NOCc1nc2c3c(-c4ccccc4)c(-c4ccccc4)oc3ncn2n1. The molecule has 6 rings (SSSR count). The number of hydrogen-bond acceptors (Lipinski definition) is 6. The van der Waals surface area contributed by atoms with Crippen molar-refractivity contribution in [3.8, 4) is 22.5 Å². The molecule has 0 unspecified atom stereocenters. The maximum Gasteiger partial charge on any atom is 0.232 e. The molecule has 0 aliphatic heterocycles. The van der Waals surface area contributed by atoms with Crippen LogP contribution in [0.3, 0.4) is 0 Å². The number of nitrogens with zero attached hydrogens (tertiary/aromatic N) is 5. The number of oxime groups is 1. The summed E-state index contributed by atoms with van der Waals surface area (Å²) in [4.78, 5) is 14.7. The van der Waals surface area contributed by atoms with Gasteiger partial charge in [-0.25, -0.2) is 14.5 Å². The molecule has 0 saturated carbocycles. The van der Waals surface area contributed by atoms with E-state index in [2.05, 4.69) is 15.2 Å². The summed E-state index contributed by atoms with van der Waals surface area (Å²) in [5.41, 5.74) is 4.77. The van der Waals surface area contributed by atoms with E-state index in [1.54, 1.807) is 23.1 Å². The van der Waals surface area contributed by atoms with Gasteiger partial charge in [-0.3, -0.25) is 0 Å². The van der Waals surface area contributed by atoms with Crippen molar-refractivity contribution in [3.63, 3.8) is 0 Å². The number of fused-ring (bicyclic) bond motifs is 3. The van der Waals surface area contributed by atoms with Crippen LogP contribution < -0.4 is 0 Å². The fraction of sp³-hybridized carbons (Fsp3) is 0.0370. The molecule has 8 heteroatoms. The number of rotatable bonds is 6. The summed E-state index contributed by atoms with van der Waals surface area (Å²) in [6.45, 7) is 0.0915. The Kier molecular flexibility index (Phi) is 5.44. The molecular weight excluding hydrogens is 462 g/mol. The Hall–Kier alpha value is -4.49. The van der Waals surface area contributed by atoms with Crippen LogP contribution in [0.15, 0.2) is 101 Å². The highest BCUT2D eigenvalue weighted by Gasteiger charge is 2.22. The van der Waals surface area contributed by atoms with Crippen molar-refractivity contribution in [1.29, 1.82) is 0 Å². The predicted molar refractivity (Wildman–Crippen MR) is 135 cm³/mol. The quantitative estimate of drug-likeness (QED) is 0.204. The van der Waals surface area contributed by atoms with Crippen LogP contribution in [-0.4, -0.2) is 25.8 Å². The third-order valence-electron chi connectivity index (χ3n) is 5.54. The average molecular weight is 480 g/mol. The Morgan fingerprint density at radius 1 is 0.914 bits per heavy atom. The van der Waals surface area contributed by atoms with Crippen molar-refractivity contribution in [2.75, 3.05) is 0 Å². The van der Waals surface area contributed by atoms with Crippen LogP contribution in [0, 0.1) is 0 Å². The maximum absolute atomic E-state index is 6.26. The van der Waals surface area contributed by atoms with Gasteiger partial charge < -0.3 is 9.25 Å². The van der Waals surface area contributed by atoms with E-state index in [-0.39, 0.29) is 6.61 Å². The highest BCUT2D eigenvalue weighted by atomic mass is 35.5. The van der Waals surface area contributed by atoms with Crippen LogP contribution in [0.5, 0.6) is 0 Å². The largest absolute Gasteiger partial charge is 0.437 e. The Morgan fingerprint density at radius 3 is 2.40 bits per heavy atom. The zero-order valence-electron chi connectivity index (χ0n) is 18.4. The number of hydrogen-bond donors (Lipinski definition) is 0. The van der Waals surface area contributed by atoms with Crippen LogP contribution in [0.4, 0.5) is 0 Å². The molecule has 0 N–H and O–H groups in total. The molecule has 170 valence electrons. The van der Waals surface area contributed by atoms with E-state index in [1.165, 1.54) is 0 Å². The molecule has 0 radical (unpaired) electrons. The lowest BCUT2D eigenvalue weighted by atomic mass is 9.99. The lowest BCUT2D eigenvalue weighted by Gasteiger charge is -2.03. The minimum absolute atomic E-state index is 0.0915. The highest BCUT2D eigenvalue weighted by molar-refractivity contribution is 6.33. The molecule has 3 aromatic heterocycles. The standard InChI is InChI=1S/C27H18ClN5O2/c28-21-14-8-7-13-20(21)15-30-34-16-22-31-26-24-23(18-9-3-1-4-10-18)25(19-11-5-2-6-12-19)35-27(24)29-17-33(26)32-22/h1-15,17H,16H2. The minimum Gasteiger partial charge on any atom is -0.437 e. The van der Waals surface area contributed by atoms with E-state index in [9.17, 15) is 0 Å². The average Bonchev–Trinajstić information content (AvgIpc) is 3.50. The molecule has 6 aromatic rings. The van der Waals surface area contributed by atoms with E-state index in [0.717, 1.165) is 33.4 Å². The fourth-order valence-corrected chi connectivity index (χ4v) is 4.13. The molecule has 7 nitrogen and oxygen atoms in total. The summed E-state index contributed by atoms with van der Waals surface area (Å²) in [6.07, 6.45) is 3.15. The summed E-state index contributed by atoms with van der Waals surface area (Å²) in [6, 6.07) is 27.4. The zero-order chi connectivity index (χ0) is 23.6. The van der Waals surface area contributed by atoms with E-state index in [4.69, 9.17) is 25.8 Å². The van der Waals surface area contributed by atoms with Gasteiger partial charge in [-0.15, -0.1) is 5.10 Å². The molecule has 3 heterocycles. The summed E-state index contributed by atoms with van der Waals surface area (Å²) in [5.74, 6) is 1.20. The molecule has 35 heavy (non-hydrogen) atoms. The third-order valence-corrected chi connectivity index (χ3v) is 5.88. The first kappa shape index (κ1) is 21.1. The van der Waals surface area contributed by atoms with Crippen LogP contribution in [0.25, 0.3) is 39.2 Å². The van der Waals surface area contributed by atoms with Crippen molar-refractivity contribution in [3.05, 3.63) is 108 Å². The second kappa shape index (κ2) is 9.04. The molecule has 0 amide bonds. The van der Waals surface area contributed by atoms with Crippen LogP contribution in [0.2, 0.25) is 5.02 Å². The minimum atomic E-state index is 0.0915. The summed E-state index contributed by atoms with van der Waals surface area (Å²) < 4.78 is 7.89. The smallest absolute Gasteiger partial charge is 0.232 e. The summed E-state index contributed by atoms with van der Waals surface area (Å²) in [7, 11) is 0. The molecule has 0 fully saturated rings. The Balaban J connectivity index is 1.41. The van der Waals surface area contributed by atoms with Crippen molar-refractivity contribution < 1.29 is 9.25 Å². The topological polar surface area (TPSA) is 77.8 Å². The van der Waals surface area contributed by atoms with Gasteiger partial charge in [-0.1, -0.05) is 95.6 Å². The molecular formula is C27H18ClN5O2. The van der Waals surface area contributed by atoms with E-state index in [1.807, 2.05) is 78.9 Å². The van der Waals surface area contributed by atoms with Crippen LogP contribution in [-0.2, 0) is 11.4 Å². The van der Waals surface area contributed by atoms with Gasteiger partial charge in [-0.05, 0) is 11.6 Å². The third kappa shape index (κ3) is 4.02. The second-order valence-corrected chi connectivity index (χ2v) is 8.20. The van der Waals surface area contributed by atoms with Gasteiger partial charge >= 0.3 is 0 Å².